The molecule has 8 aliphatic heterocycles. The van der Waals surface area contributed by atoms with Crippen molar-refractivity contribution in [2.45, 2.75) is 121 Å². The molecular weight excluding hydrogens is 1160 g/mol. The van der Waals surface area contributed by atoms with Gasteiger partial charge >= 0.3 is 0 Å². The minimum Gasteiger partial charge on any atom is -0.396 e. The Labute approximate surface area is 527 Å². The maximum absolute atomic E-state index is 14.1. The van der Waals surface area contributed by atoms with Gasteiger partial charge < -0.3 is 67.0 Å². The summed E-state index contributed by atoms with van der Waals surface area (Å²) in [7, 11) is 2.60. The number of anilines is 8. The third-order valence-corrected chi connectivity index (χ3v) is 22.3. The molecule has 89 heavy (non-hydrogen) atoms. The lowest BCUT2D eigenvalue weighted by Crippen LogP contribution is -2.50. The van der Waals surface area contributed by atoms with E-state index in [1.54, 1.807) is 17.5 Å². The summed E-state index contributed by atoms with van der Waals surface area (Å²) in [5, 5.41) is -0.422. The Morgan fingerprint density at radius 2 is 0.865 bits per heavy atom. The Kier molecular flexibility index (Phi) is 24.1. The highest BCUT2D eigenvalue weighted by Crippen LogP contribution is 2.35. The first-order valence-electron chi connectivity index (χ1n) is 32.8. The SMILES string of the molecule is CN1CCC(N(C)S(=O)(=O)C2CCN(c3c(N)cncc3F)CC2)CC1.CN1CCN(CC2CCN(c3c(N)cncc3F)CC2)CC1.Cc1cncc(N)c1N1CCC(N2CCCC2=O)CC1.Nc1cncc(F)c1N1CCC(CN2CCCCC2)CC1. The van der Waals surface area contributed by atoms with Gasteiger partial charge in [0.15, 0.2) is 17.5 Å². The zero-order valence-electron chi connectivity index (χ0n) is 53.4. The number of carbonyl (C=O) groups excluding carboxylic acids is 1. The fourth-order valence-corrected chi connectivity index (χ4v) is 16.5. The van der Waals surface area contributed by atoms with E-state index in [4.69, 9.17) is 22.9 Å². The number of halogens is 3. The Hall–Kier alpha value is -5.99. The van der Waals surface area contributed by atoms with Crippen LogP contribution in [0.5, 0.6) is 0 Å². The molecule has 492 valence electrons. The van der Waals surface area contributed by atoms with Gasteiger partial charge in [0.2, 0.25) is 15.9 Å². The molecule has 0 radical (unpaired) electrons. The second kappa shape index (κ2) is 31.8. The summed E-state index contributed by atoms with van der Waals surface area (Å²) in [4.78, 5) is 47.5. The van der Waals surface area contributed by atoms with Crippen LogP contribution in [0.2, 0.25) is 0 Å². The topological polar surface area (TPSA) is 239 Å². The molecule has 0 spiro atoms. The molecule has 12 rings (SSSR count). The Bertz CT molecular complexity index is 2910. The number of aryl methyl sites for hydroxylation is 1. The van der Waals surface area contributed by atoms with E-state index in [1.165, 1.54) is 89.5 Å². The molecule has 8 aliphatic rings. The summed E-state index contributed by atoms with van der Waals surface area (Å²) in [5.74, 6) is 0.719. The first-order valence-corrected chi connectivity index (χ1v) is 34.3. The predicted octanol–water partition coefficient (Wildman–Crippen LogP) is 6.46. The van der Waals surface area contributed by atoms with E-state index in [9.17, 15) is 26.4 Å². The first kappa shape index (κ1) is 67.4. The van der Waals surface area contributed by atoms with Gasteiger partial charge in [0.25, 0.3) is 0 Å². The second-order valence-corrected chi connectivity index (χ2v) is 28.4. The number of nitrogens with zero attached hydrogens (tertiary/aromatic N) is 14. The van der Waals surface area contributed by atoms with E-state index in [2.05, 4.69) is 80.2 Å². The molecule has 12 heterocycles. The number of nitrogens with two attached hydrogens (primary N) is 4. The maximum atomic E-state index is 14.1. The molecule has 0 aliphatic carbocycles. The van der Waals surface area contributed by atoms with Gasteiger partial charge in [-0.25, -0.2) is 25.9 Å². The number of likely N-dealkylation sites (N-methyl/N-ethyl adjacent to an activating group) is 1. The van der Waals surface area contributed by atoms with Crippen molar-refractivity contribution < 1.29 is 26.4 Å². The van der Waals surface area contributed by atoms with Crippen LogP contribution in [0.15, 0.2) is 49.6 Å². The van der Waals surface area contributed by atoms with Crippen LogP contribution in [0.4, 0.5) is 58.7 Å². The smallest absolute Gasteiger partial charge is 0.222 e. The van der Waals surface area contributed by atoms with E-state index in [0.717, 1.165) is 165 Å². The third-order valence-electron chi connectivity index (χ3n) is 19.9. The molecule has 0 saturated carbocycles. The van der Waals surface area contributed by atoms with Gasteiger partial charge in [-0.05, 0) is 148 Å². The summed E-state index contributed by atoms with van der Waals surface area (Å²) in [5.41, 5.74) is 29.3. The van der Waals surface area contributed by atoms with Crippen LogP contribution in [-0.4, -0.2) is 226 Å². The number of likely N-dealkylation sites (tertiary alicyclic amines) is 3. The monoisotopic (exact) mass is 1260 g/mol. The molecule has 0 atom stereocenters. The number of sulfonamides is 1. The van der Waals surface area contributed by atoms with Crippen molar-refractivity contribution >= 4 is 61.4 Å². The molecule has 8 N–H and O–H groups in total. The molecule has 8 saturated heterocycles. The average Bonchev–Trinajstić information content (AvgIpc) is 4.18. The van der Waals surface area contributed by atoms with Crippen molar-refractivity contribution in [3.8, 4) is 0 Å². The maximum Gasteiger partial charge on any atom is 0.222 e. The van der Waals surface area contributed by atoms with Gasteiger partial charge in [0.1, 0.15) is 0 Å². The van der Waals surface area contributed by atoms with Crippen LogP contribution in [0.3, 0.4) is 0 Å². The van der Waals surface area contributed by atoms with Crippen LogP contribution in [-0.2, 0) is 14.8 Å². The second-order valence-electron chi connectivity index (χ2n) is 26.1. The number of hydrogen-bond acceptors (Lipinski definition) is 19. The number of piperazine rings is 1. The Balaban J connectivity index is 0.000000142. The molecule has 0 bridgehead atoms. The lowest BCUT2D eigenvalue weighted by molar-refractivity contribution is -0.130. The Morgan fingerprint density at radius 3 is 1.29 bits per heavy atom. The highest BCUT2D eigenvalue weighted by molar-refractivity contribution is 7.89. The molecule has 4 aromatic heterocycles. The molecular formula is C64H101F3N18O3S. The van der Waals surface area contributed by atoms with Crippen molar-refractivity contribution in [1.29, 1.82) is 0 Å². The quantitative estimate of drug-likeness (QED) is 0.119. The number of rotatable bonds is 12. The van der Waals surface area contributed by atoms with Crippen LogP contribution >= 0.6 is 0 Å². The zero-order valence-corrected chi connectivity index (χ0v) is 54.2. The largest absolute Gasteiger partial charge is 0.396 e. The van der Waals surface area contributed by atoms with Crippen LogP contribution in [0, 0.1) is 36.2 Å². The lowest BCUT2D eigenvalue weighted by Gasteiger charge is -2.39. The molecule has 8 fully saturated rings. The van der Waals surface area contributed by atoms with Gasteiger partial charge in [0, 0.05) is 130 Å². The van der Waals surface area contributed by atoms with Gasteiger partial charge in [-0.1, -0.05) is 6.42 Å². The number of carbonyl (C=O) groups is 1. The minimum absolute atomic E-state index is 0.0718. The van der Waals surface area contributed by atoms with Crippen molar-refractivity contribution in [3.63, 3.8) is 0 Å². The zero-order chi connectivity index (χ0) is 63.2. The fourth-order valence-electron chi connectivity index (χ4n) is 14.6. The summed E-state index contributed by atoms with van der Waals surface area (Å²) in [6.07, 6.45) is 26.8. The summed E-state index contributed by atoms with van der Waals surface area (Å²) in [6.45, 7) is 20.8. The first-order chi connectivity index (χ1) is 42.8. The average molecular weight is 1260 g/mol. The van der Waals surface area contributed by atoms with Crippen molar-refractivity contribution in [2.75, 3.05) is 188 Å². The third kappa shape index (κ3) is 17.7. The van der Waals surface area contributed by atoms with E-state index >= 15 is 0 Å². The van der Waals surface area contributed by atoms with Crippen LogP contribution in [0.1, 0.15) is 102 Å². The molecule has 4 aromatic rings. The van der Waals surface area contributed by atoms with Crippen LogP contribution < -0.4 is 42.5 Å². The number of nitrogen functional groups attached to an aromatic ring is 4. The molecule has 0 aromatic carbocycles. The lowest BCUT2D eigenvalue weighted by atomic mass is 9.95. The minimum atomic E-state index is -3.35. The van der Waals surface area contributed by atoms with Gasteiger partial charge in [-0.2, -0.15) is 0 Å². The van der Waals surface area contributed by atoms with E-state index in [0.29, 0.717) is 72.2 Å². The highest BCUT2D eigenvalue weighted by atomic mass is 32.2. The standard InChI is InChI=1S/C17H28FN5O2S.C16H26FN5.C16H25FN4.C15H22N4O/c1-21-7-3-13(4-8-21)22(2)26(24,25)14-5-9-23(10-6-14)17-15(18)11-20-12-16(17)19;1-20-6-8-21(9-7-20)12-13-2-4-22(5-3-13)16-14(17)10-19-11-15(16)18;17-14-10-19-11-15(18)16(14)21-8-4-13(5-9-21)12-20-6-2-1-3-7-20;1-11-9-17-10-13(16)15(11)18-7-4-12(5-8-18)19-6-2-3-14(19)20/h11-14H,3-10,19H2,1-2H3;10-11,13H,2-9,12,18H2,1H3;10-11,13H,1-9,12,18H2;9-10,12H,2-8,16H2,1H3. The number of amides is 1. The number of piperidine rings is 6. The van der Waals surface area contributed by atoms with Crippen molar-refractivity contribution in [1.82, 2.24) is 48.7 Å². The predicted molar refractivity (Wildman–Crippen MR) is 352 cm³/mol. The number of aromatic nitrogens is 4. The fraction of sp³-hybridized carbons (Fsp3) is 0.672. The summed E-state index contributed by atoms with van der Waals surface area (Å²) >= 11 is 0. The van der Waals surface area contributed by atoms with Gasteiger partial charge in [0.05, 0.1) is 94.1 Å². The normalized spacial score (nSPS) is 21.5. The van der Waals surface area contributed by atoms with E-state index in [-0.39, 0.29) is 23.4 Å². The summed E-state index contributed by atoms with van der Waals surface area (Å²) < 4.78 is 69.6. The number of hydrogen-bond donors (Lipinski definition) is 4. The molecule has 0 unspecified atom stereocenters. The molecule has 1 amide bonds. The van der Waals surface area contributed by atoms with E-state index in [1.807, 2.05) is 11.1 Å². The summed E-state index contributed by atoms with van der Waals surface area (Å²) in [6, 6.07) is 0.493. The van der Waals surface area contributed by atoms with E-state index < -0.39 is 21.1 Å². The molecule has 21 nitrogen and oxygen atoms in total. The highest BCUT2D eigenvalue weighted by Gasteiger charge is 2.38. The van der Waals surface area contributed by atoms with Crippen LogP contribution in [0.25, 0.3) is 0 Å². The van der Waals surface area contributed by atoms with Gasteiger partial charge in [-0.3, -0.25) is 24.7 Å². The molecule has 25 heteroatoms. The van der Waals surface area contributed by atoms with Gasteiger partial charge in [-0.15, -0.1) is 0 Å². The van der Waals surface area contributed by atoms with Crippen molar-refractivity contribution in [2.24, 2.45) is 11.8 Å². The Morgan fingerprint density at radius 1 is 0.472 bits per heavy atom. The van der Waals surface area contributed by atoms with Crippen molar-refractivity contribution in [3.05, 3.63) is 72.6 Å². The number of pyridine rings is 4.